The van der Waals surface area contributed by atoms with Crippen molar-refractivity contribution in [2.24, 2.45) is 5.73 Å². The van der Waals surface area contributed by atoms with Crippen molar-refractivity contribution in [3.05, 3.63) is 34.0 Å². The lowest BCUT2D eigenvalue weighted by atomic mass is 9.89. The summed E-state index contributed by atoms with van der Waals surface area (Å²) in [5.74, 6) is -1.59. The molecule has 3 amide bonds. The number of thiophene rings is 1. The van der Waals surface area contributed by atoms with E-state index >= 15 is 0 Å². The van der Waals surface area contributed by atoms with Crippen LogP contribution in [0.2, 0.25) is 0 Å². The largest absolute Gasteiger partial charge is 0.390 e. The second kappa shape index (κ2) is 8.24. The molecule has 0 radical (unpaired) electrons. The summed E-state index contributed by atoms with van der Waals surface area (Å²) >= 11 is 1.43. The van der Waals surface area contributed by atoms with Crippen LogP contribution in [-0.2, 0) is 20.8 Å². The highest BCUT2D eigenvalue weighted by molar-refractivity contribution is 7.10. The highest BCUT2D eigenvalue weighted by Crippen LogP contribution is 2.20. The van der Waals surface area contributed by atoms with Crippen LogP contribution >= 0.6 is 11.3 Å². The number of hydrogen-bond donors (Lipinski definition) is 5. The van der Waals surface area contributed by atoms with E-state index in [1.54, 1.807) is 0 Å². The van der Waals surface area contributed by atoms with E-state index in [0.29, 0.717) is 0 Å². The van der Waals surface area contributed by atoms with Gasteiger partial charge in [-0.15, -0.1) is 11.3 Å². The summed E-state index contributed by atoms with van der Waals surface area (Å²) in [5, 5.41) is 26.9. The molecule has 1 heterocycles. The van der Waals surface area contributed by atoms with E-state index in [1.807, 2.05) is 17.5 Å². The van der Waals surface area contributed by atoms with Gasteiger partial charge in [-0.2, -0.15) is 0 Å². The molecule has 1 aromatic rings. The van der Waals surface area contributed by atoms with Crippen LogP contribution in [0.15, 0.2) is 29.2 Å². The fourth-order valence-corrected chi connectivity index (χ4v) is 3.14. The quantitative estimate of drug-likeness (QED) is 0.430. The van der Waals surface area contributed by atoms with Crippen molar-refractivity contribution in [2.75, 3.05) is 0 Å². The Labute approximate surface area is 148 Å². The summed E-state index contributed by atoms with van der Waals surface area (Å²) in [6.45, 7) is 1.44. The van der Waals surface area contributed by atoms with Crippen LogP contribution in [0.25, 0.3) is 0 Å². The molecule has 0 aliphatic heterocycles. The molecule has 0 fully saturated rings. The van der Waals surface area contributed by atoms with E-state index in [4.69, 9.17) is 5.73 Å². The summed E-state index contributed by atoms with van der Waals surface area (Å²) in [6.07, 6.45) is -0.979. The highest BCUT2D eigenvalue weighted by Gasteiger charge is 2.34. The van der Waals surface area contributed by atoms with Gasteiger partial charge < -0.3 is 26.6 Å². The lowest BCUT2D eigenvalue weighted by molar-refractivity contribution is -0.125. The van der Waals surface area contributed by atoms with Crippen LogP contribution in [0.3, 0.4) is 0 Å². The third kappa shape index (κ3) is 5.12. The maximum absolute atomic E-state index is 12.2. The first-order chi connectivity index (χ1) is 11.8. The molecule has 0 spiro atoms. The molecule has 1 aliphatic rings. The first kappa shape index (κ1) is 19.1. The predicted octanol–water partition coefficient (Wildman–Crippen LogP) is -1.18. The summed E-state index contributed by atoms with van der Waals surface area (Å²) in [4.78, 5) is 36.1. The third-order valence-corrected chi connectivity index (χ3v) is 4.76. The number of rotatable bonds is 6. The van der Waals surface area contributed by atoms with E-state index in [2.05, 4.69) is 10.6 Å². The molecule has 1 aromatic heterocycles. The molecular formula is C16H21N3O5S. The number of aliphatic hydroxyl groups excluding tert-OH is 2. The van der Waals surface area contributed by atoms with Crippen LogP contribution < -0.4 is 16.4 Å². The van der Waals surface area contributed by atoms with Gasteiger partial charge in [0.25, 0.3) is 0 Å². The molecular weight excluding hydrogens is 346 g/mol. The summed E-state index contributed by atoms with van der Waals surface area (Å²) < 4.78 is 0. The molecule has 8 nitrogen and oxygen atoms in total. The first-order valence-electron chi connectivity index (χ1n) is 7.76. The number of primary amides is 1. The van der Waals surface area contributed by atoms with Gasteiger partial charge in [0.05, 0.1) is 18.6 Å². The predicted molar refractivity (Wildman–Crippen MR) is 91.5 cm³/mol. The summed E-state index contributed by atoms with van der Waals surface area (Å²) in [7, 11) is 0. The Morgan fingerprint density at radius 3 is 2.72 bits per heavy atom. The minimum absolute atomic E-state index is 0.0875. The smallest absolute Gasteiger partial charge is 0.247 e. The summed E-state index contributed by atoms with van der Waals surface area (Å²) in [6, 6.07) is 1.87. The lowest BCUT2D eigenvalue weighted by Crippen LogP contribution is -2.52. The van der Waals surface area contributed by atoms with Gasteiger partial charge >= 0.3 is 0 Å². The van der Waals surface area contributed by atoms with Gasteiger partial charge in [0.1, 0.15) is 12.1 Å². The second-order valence-corrected chi connectivity index (χ2v) is 6.93. The average Bonchev–Trinajstić information content (AvgIpc) is 3.04. The van der Waals surface area contributed by atoms with Crippen molar-refractivity contribution >= 4 is 29.1 Å². The topological polar surface area (TPSA) is 142 Å². The molecule has 6 N–H and O–H groups in total. The average molecular weight is 367 g/mol. The van der Waals surface area contributed by atoms with Gasteiger partial charge in [-0.1, -0.05) is 12.1 Å². The third-order valence-electron chi connectivity index (χ3n) is 3.88. The Kier molecular flexibility index (Phi) is 6.29. The van der Waals surface area contributed by atoms with Gasteiger partial charge in [0, 0.05) is 16.9 Å². The maximum Gasteiger partial charge on any atom is 0.247 e. The van der Waals surface area contributed by atoms with Crippen LogP contribution in [0.5, 0.6) is 0 Å². The Morgan fingerprint density at radius 2 is 2.12 bits per heavy atom. The Balaban J connectivity index is 2.05. The lowest BCUT2D eigenvalue weighted by Gasteiger charge is -2.31. The standard InChI is InChI=1S/C16H21N3O5S/c1-8(15(17)23)18-16(24)9-5-11(14(22)12(20)6-9)19-13(21)7-10-3-2-4-25-10/h2-5,8,11-12,14,20,22H,6-7H2,1H3,(H2,17,23)(H,18,24)(H,19,21). The Morgan fingerprint density at radius 1 is 1.40 bits per heavy atom. The van der Waals surface area contributed by atoms with Crippen molar-refractivity contribution in [1.29, 1.82) is 0 Å². The fourth-order valence-electron chi connectivity index (χ4n) is 2.43. The molecule has 136 valence electrons. The number of amides is 3. The van der Waals surface area contributed by atoms with Gasteiger partial charge in [-0.25, -0.2) is 0 Å². The monoisotopic (exact) mass is 367 g/mol. The van der Waals surface area contributed by atoms with Crippen molar-refractivity contribution < 1.29 is 24.6 Å². The van der Waals surface area contributed by atoms with E-state index < -0.39 is 36.1 Å². The maximum atomic E-state index is 12.2. The molecule has 0 saturated heterocycles. The van der Waals surface area contributed by atoms with E-state index in [9.17, 15) is 24.6 Å². The first-order valence-corrected chi connectivity index (χ1v) is 8.64. The zero-order valence-electron chi connectivity index (χ0n) is 13.6. The number of carbonyl (C=O) groups is 3. The SMILES string of the molecule is CC(NC(=O)C1=CC(NC(=O)Cc2cccs2)C(O)C(O)C1)C(N)=O. The molecule has 0 bridgehead atoms. The van der Waals surface area contributed by atoms with Crippen LogP contribution in [0, 0.1) is 0 Å². The zero-order chi connectivity index (χ0) is 18.6. The van der Waals surface area contributed by atoms with Gasteiger partial charge in [-0.05, 0) is 18.4 Å². The number of nitrogens with two attached hydrogens (primary N) is 1. The van der Waals surface area contributed by atoms with E-state index in [1.165, 1.54) is 24.3 Å². The normalized spacial score (nSPS) is 24.1. The molecule has 0 aromatic carbocycles. The number of carbonyl (C=O) groups excluding carboxylic acids is 3. The zero-order valence-corrected chi connectivity index (χ0v) is 14.5. The Bertz CT molecular complexity index is 673. The minimum atomic E-state index is -1.22. The van der Waals surface area contributed by atoms with E-state index in [-0.39, 0.29) is 24.3 Å². The molecule has 9 heteroatoms. The van der Waals surface area contributed by atoms with Crippen molar-refractivity contribution in [3.8, 4) is 0 Å². The van der Waals surface area contributed by atoms with Gasteiger partial charge in [0.2, 0.25) is 17.7 Å². The summed E-state index contributed by atoms with van der Waals surface area (Å²) in [5.41, 5.74) is 5.28. The van der Waals surface area contributed by atoms with Gasteiger partial charge in [0.15, 0.2) is 0 Å². The molecule has 1 aliphatic carbocycles. The fraction of sp³-hybridized carbons (Fsp3) is 0.438. The van der Waals surface area contributed by atoms with Crippen LogP contribution in [0.1, 0.15) is 18.2 Å². The minimum Gasteiger partial charge on any atom is -0.390 e. The number of aliphatic hydroxyl groups is 2. The number of nitrogens with one attached hydrogen (secondary N) is 2. The van der Waals surface area contributed by atoms with Crippen molar-refractivity contribution in [1.82, 2.24) is 10.6 Å². The highest BCUT2D eigenvalue weighted by atomic mass is 32.1. The second-order valence-electron chi connectivity index (χ2n) is 5.90. The molecule has 2 rings (SSSR count). The van der Waals surface area contributed by atoms with Gasteiger partial charge in [-0.3, -0.25) is 14.4 Å². The Hall–Kier alpha value is -2.23. The van der Waals surface area contributed by atoms with Crippen molar-refractivity contribution in [2.45, 2.75) is 44.1 Å². The molecule has 4 unspecified atom stereocenters. The molecule has 25 heavy (non-hydrogen) atoms. The van der Waals surface area contributed by atoms with Crippen LogP contribution in [-0.4, -0.2) is 52.2 Å². The van der Waals surface area contributed by atoms with Crippen molar-refractivity contribution in [3.63, 3.8) is 0 Å². The molecule has 4 atom stereocenters. The van der Waals surface area contributed by atoms with E-state index in [0.717, 1.165) is 4.88 Å². The number of hydrogen-bond acceptors (Lipinski definition) is 6. The van der Waals surface area contributed by atoms with Crippen LogP contribution in [0.4, 0.5) is 0 Å². The molecule has 0 saturated carbocycles.